The predicted molar refractivity (Wildman–Crippen MR) is 99.9 cm³/mol. The average molecular weight is 367 g/mol. The molecule has 27 heavy (non-hydrogen) atoms. The Hall–Kier alpha value is -2.57. The number of nitrogens with zero attached hydrogens (tertiary/aromatic N) is 3. The maximum atomic E-state index is 13.0. The lowest BCUT2D eigenvalue weighted by atomic mass is 10.1. The van der Waals surface area contributed by atoms with Crippen LogP contribution >= 0.6 is 0 Å². The highest BCUT2D eigenvalue weighted by molar-refractivity contribution is 6.21. The Labute approximate surface area is 158 Å². The predicted octanol–water partition coefficient (Wildman–Crippen LogP) is 2.24. The quantitative estimate of drug-likeness (QED) is 0.761. The van der Waals surface area contributed by atoms with Crippen molar-refractivity contribution in [3.8, 4) is 0 Å². The highest BCUT2D eigenvalue weighted by Crippen LogP contribution is 2.22. The Morgan fingerprint density at radius 3 is 1.89 bits per heavy atom. The molecule has 0 aromatic heterocycles. The second-order valence-corrected chi connectivity index (χ2v) is 7.05. The number of hydrogen-bond donors (Lipinski definition) is 0. The van der Waals surface area contributed by atoms with Crippen LogP contribution in [0.2, 0.25) is 0 Å². The summed E-state index contributed by atoms with van der Waals surface area (Å²) in [5.41, 5.74) is 2.12. The van der Waals surface area contributed by atoms with Crippen LogP contribution in [-0.4, -0.2) is 65.8 Å². The number of rotatable bonds is 5. The molecule has 0 radical (unpaired) electrons. The van der Waals surface area contributed by atoms with Gasteiger partial charge in [-0.25, -0.2) is 4.39 Å². The number of carbonyl (C=O) groups is 2. The van der Waals surface area contributed by atoms with E-state index in [1.807, 2.05) is 12.1 Å². The van der Waals surface area contributed by atoms with Gasteiger partial charge in [-0.1, -0.05) is 24.3 Å². The second kappa shape index (κ2) is 7.58. The third-order valence-corrected chi connectivity index (χ3v) is 5.30. The van der Waals surface area contributed by atoms with Crippen molar-refractivity contribution >= 4 is 11.8 Å². The number of halogens is 1. The number of carbonyl (C=O) groups excluding carboxylic acids is 2. The van der Waals surface area contributed by atoms with Crippen molar-refractivity contribution < 1.29 is 14.0 Å². The fraction of sp³-hybridized carbons (Fsp3) is 0.333. The van der Waals surface area contributed by atoms with Gasteiger partial charge in [0, 0.05) is 45.8 Å². The molecule has 0 spiro atoms. The van der Waals surface area contributed by atoms with E-state index in [2.05, 4.69) is 9.80 Å². The Morgan fingerprint density at radius 2 is 1.30 bits per heavy atom. The van der Waals surface area contributed by atoms with Crippen molar-refractivity contribution in [2.24, 2.45) is 0 Å². The Bertz CT molecular complexity index is 810. The average Bonchev–Trinajstić information content (AvgIpc) is 2.94. The summed E-state index contributed by atoms with van der Waals surface area (Å²) < 4.78 is 13.0. The van der Waals surface area contributed by atoms with Crippen LogP contribution in [0.15, 0.2) is 48.5 Å². The van der Waals surface area contributed by atoms with E-state index < -0.39 is 0 Å². The molecule has 6 heteroatoms. The van der Waals surface area contributed by atoms with Crippen LogP contribution in [0, 0.1) is 5.82 Å². The zero-order chi connectivity index (χ0) is 18.8. The fourth-order valence-electron chi connectivity index (χ4n) is 3.70. The molecule has 0 bridgehead atoms. The van der Waals surface area contributed by atoms with E-state index in [9.17, 15) is 14.0 Å². The number of imide groups is 1. The van der Waals surface area contributed by atoms with Gasteiger partial charge in [0.25, 0.3) is 11.8 Å². The third kappa shape index (κ3) is 3.77. The minimum absolute atomic E-state index is 0.189. The molecule has 0 saturated carbocycles. The summed E-state index contributed by atoms with van der Waals surface area (Å²) in [5.74, 6) is -0.590. The topological polar surface area (TPSA) is 43.9 Å². The maximum Gasteiger partial charge on any atom is 0.261 e. The monoisotopic (exact) mass is 367 g/mol. The summed E-state index contributed by atoms with van der Waals surface area (Å²) in [6.07, 6.45) is 0. The molecule has 2 aromatic carbocycles. The number of hydrogen-bond acceptors (Lipinski definition) is 4. The third-order valence-electron chi connectivity index (χ3n) is 5.30. The summed E-state index contributed by atoms with van der Waals surface area (Å²) in [6, 6.07) is 13.6. The van der Waals surface area contributed by atoms with Crippen molar-refractivity contribution in [2.45, 2.75) is 6.54 Å². The lowest BCUT2D eigenvalue weighted by molar-refractivity contribution is 0.0612. The summed E-state index contributed by atoms with van der Waals surface area (Å²) >= 11 is 0. The molecular formula is C21H22FN3O2. The highest BCUT2D eigenvalue weighted by Gasteiger charge is 2.35. The van der Waals surface area contributed by atoms with E-state index in [4.69, 9.17) is 0 Å². The van der Waals surface area contributed by atoms with Crippen molar-refractivity contribution in [1.82, 2.24) is 14.7 Å². The summed E-state index contributed by atoms with van der Waals surface area (Å²) in [6.45, 7) is 5.54. The molecule has 2 aliphatic heterocycles. The van der Waals surface area contributed by atoms with Gasteiger partial charge in [-0.3, -0.25) is 24.3 Å². The zero-order valence-corrected chi connectivity index (χ0v) is 15.1. The molecular weight excluding hydrogens is 345 g/mol. The molecule has 0 atom stereocenters. The van der Waals surface area contributed by atoms with Gasteiger partial charge in [-0.05, 0) is 29.8 Å². The normalized spacial score (nSPS) is 18.2. The molecule has 2 aromatic rings. The molecule has 0 N–H and O–H groups in total. The van der Waals surface area contributed by atoms with Crippen LogP contribution in [0.25, 0.3) is 0 Å². The van der Waals surface area contributed by atoms with Gasteiger partial charge in [-0.2, -0.15) is 0 Å². The Balaban J connectivity index is 1.26. The molecule has 2 amide bonds. The number of benzene rings is 2. The summed E-state index contributed by atoms with van der Waals surface area (Å²) in [5, 5.41) is 0. The fourth-order valence-corrected chi connectivity index (χ4v) is 3.70. The minimum Gasteiger partial charge on any atom is -0.299 e. The van der Waals surface area contributed by atoms with E-state index >= 15 is 0 Å². The van der Waals surface area contributed by atoms with E-state index in [0.29, 0.717) is 24.2 Å². The first-order chi connectivity index (χ1) is 13.1. The Morgan fingerprint density at radius 1 is 0.741 bits per heavy atom. The molecule has 1 saturated heterocycles. The van der Waals surface area contributed by atoms with Crippen molar-refractivity contribution in [3.63, 3.8) is 0 Å². The van der Waals surface area contributed by atoms with Crippen LogP contribution in [0.5, 0.6) is 0 Å². The SMILES string of the molecule is O=C1c2ccccc2C(=O)N1CCN1CCN(Cc2ccc(F)cc2)CC1. The van der Waals surface area contributed by atoms with E-state index in [1.165, 1.54) is 17.0 Å². The Kier molecular flexibility index (Phi) is 5.01. The molecule has 2 aliphatic rings. The first-order valence-electron chi connectivity index (χ1n) is 9.26. The number of piperazine rings is 1. The molecule has 0 aliphatic carbocycles. The first kappa shape index (κ1) is 17.8. The standard InChI is InChI=1S/C21H22FN3O2/c22-17-7-5-16(6-8-17)15-24-11-9-23(10-12-24)13-14-25-20(26)18-3-1-2-4-19(18)21(25)27/h1-8H,9-15H2. The largest absolute Gasteiger partial charge is 0.299 e. The molecule has 140 valence electrons. The number of amides is 2. The minimum atomic E-state index is -0.211. The first-order valence-corrected chi connectivity index (χ1v) is 9.26. The summed E-state index contributed by atoms with van der Waals surface area (Å²) in [4.78, 5) is 30.8. The van der Waals surface area contributed by atoms with Crippen LogP contribution in [-0.2, 0) is 6.54 Å². The molecule has 5 nitrogen and oxygen atoms in total. The van der Waals surface area contributed by atoms with Crippen molar-refractivity contribution in [3.05, 3.63) is 71.0 Å². The van der Waals surface area contributed by atoms with Crippen molar-refractivity contribution in [1.29, 1.82) is 0 Å². The van der Waals surface area contributed by atoms with E-state index in [1.54, 1.807) is 24.3 Å². The van der Waals surface area contributed by atoms with Crippen molar-refractivity contribution in [2.75, 3.05) is 39.3 Å². The lowest BCUT2D eigenvalue weighted by Crippen LogP contribution is -2.48. The zero-order valence-electron chi connectivity index (χ0n) is 15.1. The summed E-state index contributed by atoms with van der Waals surface area (Å²) in [7, 11) is 0. The van der Waals surface area contributed by atoms with Gasteiger partial charge in [0.1, 0.15) is 5.82 Å². The number of fused-ring (bicyclic) bond motifs is 1. The van der Waals surface area contributed by atoms with Crippen LogP contribution in [0.1, 0.15) is 26.3 Å². The van der Waals surface area contributed by atoms with Gasteiger partial charge < -0.3 is 0 Å². The van der Waals surface area contributed by atoms with Gasteiger partial charge >= 0.3 is 0 Å². The molecule has 4 rings (SSSR count). The van der Waals surface area contributed by atoms with Gasteiger partial charge in [0.05, 0.1) is 11.1 Å². The molecule has 0 unspecified atom stereocenters. The maximum absolute atomic E-state index is 13.0. The molecule has 1 fully saturated rings. The van der Waals surface area contributed by atoms with Crippen LogP contribution in [0.3, 0.4) is 0 Å². The van der Waals surface area contributed by atoms with Gasteiger partial charge in [0.2, 0.25) is 0 Å². The smallest absolute Gasteiger partial charge is 0.261 e. The lowest BCUT2D eigenvalue weighted by Gasteiger charge is -2.35. The van der Waals surface area contributed by atoms with E-state index in [0.717, 1.165) is 38.3 Å². The van der Waals surface area contributed by atoms with Gasteiger partial charge in [-0.15, -0.1) is 0 Å². The highest BCUT2D eigenvalue weighted by atomic mass is 19.1. The van der Waals surface area contributed by atoms with Crippen LogP contribution in [0.4, 0.5) is 4.39 Å². The van der Waals surface area contributed by atoms with E-state index in [-0.39, 0.29) is 17.6 Å². The van der Waals surface area contributed by atoms with Crippen LogP contribution < -0.4 is 0 Å². The second-order valence-electron chi connectivity index (χ2n) is 7.05. The molecule has 2 heterocycles. The van der Waals surface area contributed by atoms with Gasteiger partial charge in [0.15, 0.2) is 0 Å².